The fourth-order valence-electron chi connectivity index (χ4n) is 2.08. The lowest BCUT2D eigenvalue weighted by molar-refractivity contribution is 0.0686. The minimum absolute atomic E-state index is 0.119. The zero-order valence-electron chi connectivity index (χ0n) is 10.9. The first-order chi connectivity index (χ1) is 9.65. The summed E-state index contributed by atoms with van der Waals surface area (Å²) in [7, 11) is 0. The second kappa shape index (κ2) is 4.88. The van der Waals surface area contributed by atoms with Gasteiger partial charge < -0.3 is 19.1 Å². The minimum Gasteiger partial charge on any atom is -0.490 e. The molecule has 0 spiro atoms. The van der Waals surface area contributed by atoms with Crippen molar-refractivity contribution in [3.05, 3.63) is 29.5 Å². The summed E-state index contributed by atoms with van der Waals surface area (Å²) in [4.78, 5) is 10.8. The summed E-state index contributed by atoms with van der Waals surface area (Å²) in [6.07, 6.45) is 0.828. The predicted octanol–water partition coefficient (Wildman–Crippen LogP) is 2.51. The Hall–Kier alpha value is -2.50. The summed E-state index contributed by atoms with van der Waals surface area (Å²) >= 11 is 0. The van der Waals surface area contributed by atoms with E-state index in [0.29, 0.717) is 30.5 Å². The van der Waals surface area contributed by atoms with Crippen LogP contribution in [0.4, 0.5) is 0 Å². The third-order valence-corrected chi connectivity index (χ3v) is 3.09. The maximum absolute atomic E-state index is 10.8. The number of carboxylic acids is 1. The van der Waals surface area contributed by atoms with Crippen molar-refractivity contribution in [3.63, 3.8) is 0 Å². The number of hydrogen-bond donors (Lipinski definition) is 1. The highest BCUT2D eigenvalue weighted by molar-refractivity contribution is 5.86. The van der Waals surface area contributed by atoms with E-state index in [9.17, 15) is 4.79 Å². The van der Waals surface area contributed by atoms with Crippen molar-refractivity contribution < 1.29 is 23.9 Å². The number of nitrogens with zero attached hydrogens (tertiary/aromatic N) is 1. The molecule has 0 radical (unpaired) electrons. The Labute approximate surface area is 114 Å². The Morgan fingerprint density at radius 1 is 1.20 bits per heavy atom. The van der Waals surface area contributed by atoms with Crippen LogP contribution in [-0.2, 0) is 0 Å². The van der Waals surface area contributed by atoms with Crippen LogP contribution < -0.4 is 9.47 Å². The van der Waals surface area contributed by atoms with Gasteiger partial charge in [0.05, 0.1) is 13.2 Å². The van der Waals surface area contributed by atoms with Crippen LogP contribution in [0.5, 0.6) is 11.5 Å². The largest absolute Gasteiger partial charge is 0.490 e. The highest BCUT2D eigenvalue weighted by Gasteiger charge is 2.18. The molecule has 0 bridgehead atoms. The first kappa shape index (κ1) is 12.5. The molecule has 1 aromatic carbocycles. The molecule has 1 aromatic heterocycles. The molecule has 1 aliphatic heterocycles. The number of benzene rings is 1. The number of fused-ring (bicyclic) bond motifs is 1. The van der Waals surface area contributed by atoms with E-state index in [4.69, 9.17) is 19.1 Å². The van der Waals surface area contributed by atoms with Crippen molar-refractivity contribution >= 4 is 5.97 Å². The van der Waals surface area contributed by atoms with E-state index in [1.807, 2.05) is 13.0 Å². The lowest BCUT2D eigenvalue weighted by atomic mass is 10.1. The summed E-state index contributed by atoms with van der Waals surface area (Å²) in [5, 5.41) is 12.4. The molecule has 6 heteroatoms. The van der Waals surface area contributed by atoms with Crippen LogP contribution in [0.2, 0.25) is 0 Å². The van der Waals surface area contributed by atoms with Crippen molar-refractivity contribution in [3.8, 4) is 22.8 Å². The van der Waals surface area contributed by atoms with Crippen LogP contribution in [0, 0.1) is 6.92 Å². The number of carboxylic acid groups (broad SMARTS) is 1. The van der Waals surface area contributed by atoms with Crippen LogP contribution in [-0.4, -0.2) is 29.4 Å². The van der Waals surface area contributed by atoms with Crippen molar-refractivity contribution in [1.82, 2.24) is 5.16 Å². The fourth-order valence-corrected chi connectivity index (χ4v) is 2.08. The van der Waals surface area contributed by atoms with Gasteiger partial charge in [0.25, 0.3) is 0 Å². The molecule has 2 heterocycles. The van der Waals surface area contributed by atoms with Gasteiger partial charge in [-0.25, -0.2) is 4.79 Å². The zero-order chi connectivity index (χ0) is 14.1. The highest BCUT2D eigenvalue weighted by atomic mass is 16.5. The second-order valence-electron chi connectivity index (χ2n) is 4.55. The molecular formula is C14H13NO5. The van der Waals surface area contributed by atoms with Crippen molar-refractivity contribution in [1.29, 1.82) is 0 Å². The summed E-state index contributed by atoms with van der Waals surface area (Å²) in [5.74, 6) is 0.612. The van der Waals surface area contributed by atoms with Gasteiger partial charge in [-0.3, -0.25) is 0 Å². The van der Waals surface area contributed by atoms with E-state index in [2.05, 4.69) is 5.16 Å². The molecule has 0 fully saturated rings. The van der Waals surface area contributed by atoms with Crippen LogP contribution in [0.15, 0.2) is 22.7 Å². The average molecular weight is 275 g/mol. The zero-order valence-corrected chi connectivity index (χ0v) is 10.9. The number of carbonyl (C=O) groups is 1. The molecule has 0 unspecified atom stereocenters. The van der Waals surface area contributed by atoms with Gasteiger partial charge in [-0.15, -0.1) is 0 Å². The fraction of sp³-hybridized carbons (Fsp3) is 0.286. The van der Waals surface area contributed by atoms with E-state index in [0.717, 1.165) is 17.5 Å². The molecule has 20 heavy (non-hydrogen) atoms. The third kappa shape index (κ3) is 2.20. The molecule has 1 N–H and O–H groups in total. The molecule has 1 aliphatic rings. The number of hydrogen-bond acceptors (Lipinski definition) is 5. The molecule has 3 rings (SSSR count). The van der Waals surface area contributed by atoms with Crippen LogP contribution in [0.25, 0.3) is 11.3 Å². The first-order valence-corrected chi connectivity index (χ1v) is 6.26. The molecule has 6 nitrogen and oxygen atoms in total. The van der Waals surface area contributed by atoms with Crippen molar-refractivity contribution in [2.75, 3.05) is 13.2 Å². The van der Waals surface area contributed by atoms with Crippen molar-refractivity contribution in [2.45, 2.75) is 13.3 Å². The second-order valence-corrected chi connectivity index (χ2v) is 4.55. The van der Waals surface area contributed by atoms with Crippen LogP contribution in [0.3, 0.4) is 0 Å². The summed E-state index contributed by atoms with van der Waals surface area (Å²) in [6.45, 7) is 3.11. The van der Waals surface area contributed by atoms with Gasteiger partial charge in [-0.1, -0.05) is 5.16 Å². The molecule has 2 aromatic rings. The highest BCUT2D eigenvalue weighted by Crippen LogP contribution is 2.37. The van der Waals surface area contributed by atoms with Gasteiger partial charge in [0.15, 0.2) is 23.0 Å². The lowest BCUT2D eigenvalue weighted by Gasteiger charge is -2.10. The Kier molecular flexibility index (Phi) is 3.06. The average Bonchev–Trinajstić information content (AvgIpc) is 2.79. The first-order valence-electron chi connectivity index (χ1n) is 6.26. The monoisotopic (exact) mass is 275 g/mol. The maximum Gasteiger partial charge on any atom is 0.358 e. The molecule has 0 saturated heterocycles. The topological polar surface area (TPSA) is 81.8 Å². The number of aromatic nitrogens is 1. The predicted molar refractivity (Wildman–Crippen MR) is 69.2 cm³/mol. The van der Waals surface area contributed by atoms with E-state index in [1.165, 1.54) is 6.07 Å². The minimum atomic E-state index is -1.12. The Morgan fingerprint density at radius 2 is 1.90 bits per heavy atom. The van der Waals surface area contributed by atoms with E-state index >= 15 is 0 Å². The molecular weight excluding hydrogens is 262 g/mol. The smallest absolute Gasteiger partial charge is 0.358 e. The number of ether oxygens (including phenoxy) is 2. The molecule has 104 valence electrons. The number of rotatable bonds is 2. The quantitative estimate of drug-likeness (QED) is 0.906. The summed E-state index contributed by atoms with van der Waals surface area (Å²) in [5.41, 5.74) is 1.53. The Morgan fingerprint density at radius 3 is 2.55 bits per heavy atom. The SMILES string of the molecule is Cc1cc2c(cc1-c1cc(C(=O)O)no1)OCCCO2. The maximum atomic E-state index is 10.8. The normalized spacial score (nSPS) is 13.8. The van der Waals surface area contributed by atoms with Gasteiger partial charge >= 0.3 is 5.97 Å². The molecule has 0 saturated carbocycles. The van der Waals surface area contributed by atoms with Crippen molar-refractivity contribution in [2.24, 2.45) is 0 Å². The molecule has 0 amide bonds. The van der Waals surface area contributed by atoms with E-state index in [-0.39, 0.29) is 5.69 Å². The molecule has 0 atom stereocenters. The van der Waals surface area contributed by atoms with Gasteiger partial charge in [-0.2, -0.15) is 0 Å². The molecule has 0 aliphatic carbocycles. The summed E-state index contributed by atoms with van der Waals surface area (Å²) in [6, 6.07) is 5.05. The van der Waals surface area contributed by atoms with Gasteiger partial charge in [-0.05, 0) is 24.6 Å². The Bertz CT molecular complexity index is 662. The van der Waals surface area contributed by atoms with Gasteiger partial charge in [0.1, 0.15) is 0 Å². The Balaban J connectivity index is 2.04. The number of aryl methyl sites for hydroxylation is 1. The van der Waals surface area contributed by atoms with E-state index in [1.54, 1.807) is 6.07 Å². The van der Waals surface area contributed by atoms with Gasteiger partial charge in [0.2, 0.25) is 0 Å². The standard InChI is InChI=1S/C14H13NO5/c1-8-5-12-13(19-4-2-3-18-12)6-9(8)11-7-10(14(16)17)15-20-11/h5-7H,2-4H2,1H3,(H,16,17). The van der Waals surface area contributed by atoms with Crippen LogP contribution in [0.1, 0.15) is 22.5 Å². The van der Waals surface area contributed by atoms with Crippen LogP contribution >= 0.6 is 0 Å². The number of aromatic carboxylic acids is 1. The van der Waals surface area contributed by atoms with Gasteiger partial charge in [0, 0.05) is 18.1 Å². The lowest BCUT2D eigenvalue weighted by Crippen LogP contribution is -1.97. The van der Waals surface area contributed by atoms with E-state index < -0.39 is 5.97 Å². The third-order valence-electron chi connectivity index (χ3n) is 3.09. The summed E-state index contributed by atoms with van der Waals surface area (Å²) < 4.78 is 16.3.